The van der Waals surface area contributed by atoms with E-state index in [0.717, 1.165) is 11.3 Å². The highest BCUT2D eigenvalue weighted by molar-refractivity contribution is 6.38. The van der Waals surface area contributed by atoms with Crippen molar-refractivity contribution in [3.05, 3.63) is 59.7 Å². The molecular formula is C14H12N2O4. The Bertz CT molecular complexity index is 659. The fraction of sp³-hybridized carbons (Fsp3) is 0.0714. The Kier molecular flexibility index (Phi) is 3.95. The van der Waals surface area contributed by atoms with E-state index in [0.29, 0.717) is 18.1 Å². The minimum absolute atomic E-state index is 0.380. The van der Waals surface area contributed by atoms with Gasteiger partial charge in [0.25, 0.3) is 5.78 Å². The van der Waals surface area contributed by atoms with E-state index < -0.39 is 11.8 Å². The average Bonchev–Trinajstić information content (AvgIpc) is 2.88. The van der Waals surface area contributed by atoms with Crippen LogP contribution in [0.1, 0.15) is 16.8 Å². The molecule has 0 aliphatic heterocycles. The van der Waals surface area contributed by atoms with Crippen molar-refractivity contribution >= 4 is 17.5 Å². The van der Waals surface area contributed by atoms with Crippen molar-refractivity contribution in [1.82, 2.24) is 9.97 Å². The van der Waals surface area contributed by atoms with E-state index in [1.54, 1.807) is 18.5 Å². The Morgan fingerprint density at radius 2 is 2.05 bits per heavy atom. The van der Waals surface area contributed by atoms with Gasteiger partial charge < -0.3 is 15.2 Å². The predicted octanol–water partition coefficient (Wildman–Crippen LogP) is 1.55. The Hall–Kier alpha value is -2.89. The largest absolute Gasteiger partial charge is 0.507 e. The summed E-state index contributed by atoms with van der Waals surface area (Å²) in [5, 5.41) is 18.3. The lowest BCUT2D eigenvalue weighted by Crippen LogP contribution is -2.09. The van der Waals surface area contributed by atoms with Crippen LogP contribution >= 0.6 is 0 Å². The van der Waals surface area contributed by atoms with E-state index in [-0.39, 0.29) is 5.76 Å². The summed E-state index contributed by atoms with van der Waals surface area (Å²) in [5.74, 6) is -3.17. The zero-order valence-electron chi connectivity index (χ0n) is 10.4. The van der Waals surface area contributed by atoms with Crippen LogP contribution in [-0.2, 0) is 16.0 Å². The number of nitrogens with one attached hydrogen (secondary N) is 1. The number of aliphatic hydroxyl groups excluding tert-OH is 1. The SMILES string of the molecule is O=C(O)C(=O)C=C(O)c1c[nH]cc1Cc1ccccn1. The molecule has 0 aliphatic carbocycles. The van der Waals surface area contributed by atoms with Crippen molar-refractivity contribution in [2.24, 2.45) is 0 Å². The summed E-state index contributed by atoms with van der Waals surface area (Å²) in [7, 11) is 0. The number of aromatic amines is 1. The molecule has 0 saturated carbocycles. The number of carboxylic acid groups (broad SMARTS) is 1. The summed E-state index contributed by atoms with van der Waals surface area (Å²) in [5.41, 5.74) is 1.90. The normalized spacial score (nSPS) is 11.3. The van der Waals surface area contributed by atoms with Crippen molar-refractivity contribution in [2.75, 3.05) is 0 Å². The highest BCUT2D eigenvalue weighted by Gasteiger charge is 2.14. The number of carboxylic acids is 1. The zero-order valence-corrected chi connectivity index (χ0v) is 10.4. The number of hydrogen-bond donors (Lipinski definition) is 3. The van der Waals surface area contributed by atoms with E-state index in [1.165, 1.54) is 6.20 Å². The van der Waals surface area contributed by atoms with Crippen LogP contribution in [0.5, 0.6) is 0 Å². The first-order valence-electron chi connectivity index (χ1n) is 5.82. The van der Waals surface area contributed by atoms with E-state index in [1.807, 2.05) is 12.1 Å². The number of carbonyl (C=O) groups excluding carboxylic acids is 1. The molecule has 0 bridgehead atoms. The molecule has 2 aromatic rings. The van der Waals surface area contributed by atoms with Gasteiger partial charge in [0.2, 0.25) is 0 Å². The minimum atomic E-state index is -1.61. The molecular weight excluding hydrogens is 260 g/mol. The van der Waals surface area contributed by atoms with Gasteiger partial charge in [0, 0.05) is 42.3 Å². The van der Waals surface area contributed by atoms with Gasteiger partial charge in [-0.25, -0.2) is 4.79 Å². The molecule has 2 heterocycles. The lowest BCUT2D eigenvalue weighted by molar-refractivity contribution is -0.146. The molecule has 0 spiro atoms. The van der Waals surface area contributed by atoms with Crippen LogP contribution in [0.25, 0.3) is 5.76 Å². The molecule has 2 rings (SSSR count). The van der Waals surface area contributed by atoms with Gasteiger partial charge in [-0.1, -0.05) is 6.07 Å². The summed E-state index contributed by atoms with van der Waals surface area (Å²) in [4.78, 5) is 28.5. The number of rotatable bonds is 5. The van der Waals surface area contributed by atoms with Crippen LogP contribution in [0.4, 0.5) is 0 Å². The van der Waals surface area contributed by atoms with Crippen LogP contribution < -0.4 is 0 Å². The van der Waals surface area contributed by atoms with E-state index >= 15 is 0 Å². The van der Waals surface area contributed by atoms with Gasteiger partial charge in [-0.3, -0.25) is 9.78 Å². The fourth-order valence-electron chi connectivity index (χ4n) is 1.74. The molecule has 0 amide bonds. The zero-order chi connectivity index (χ0) is 14.5. The molecule has 2 aromatic heterocycles. The second-order valence-corrected chi connectivity index (χ2v) is 4.09. The van der Waals surface area contributed by atoms with Crippen LogP contribution in [0.2, 0.25) is 0 Å². The predicted molar refractivity (Wildman–Crippen MR) is 71.1 cm³/mol. The number of ketones is 1. The van der Waals surface area contributed by atoms with E-state index in [4.69, 9.17) is 5.11 Å². The third kappa shape index (κ3) is 3.11. The van der Waals surface area contributed by atoms with Gasteiger partial charge >= 0.3 is 5.97 Å². The van der Waals surface area contributed by atoms with Crippen molar-refractivity contribution in [2.45, 2.75) is 6.42 Å². The second kappa shape index (κ2) is 5.83. The van der Waals surface area contributed by atoms with Crippen LogP contribution in [0, 0.1) is 0 Å². The summed E-state index contributed by atoms with van der Waals surface area (Å²) in [6, 6.07) is 5.47. The van der Waals surface area contributed by atoms with Gasteiger partial charge in [0.05, 0.1) is 0 Å². The standard InChI is InChI=1S/C14H12N2O4/c17-12(6-13(18)14(19)20)11-8-15-7-9(11)5-10-3-1-2-4-16-10/h1-4,6-8,15,17H,5H2,(H,19,20). The Balaban J connectivity index is 2.25. The van der Waals surface area contributed by atoms with Crippen molar-refractivity contribution < 1.29 is 19.8 Å². The number of pyridine rings is 1. The number of aliphatic hydroxyl groups is 1. The number of H-pyrrole nitrogens is 1. The quantitative estimate of drug-likeness (QED) is 0.435. The molecule has 0 aliphatic rings. The fourth-order valence-corrected chi connectivity index (χ4v) is 1.74. The number of aromatic nitrogens is 2. The lowest BCUT2D eigenvalue weighted by atomic mass is 10.1. The molecule has 0 fully saturated rings. The minimum Gasteiger partial charge on any atom is -0.507 e. The Morgan fingerprint density at radius 1 is 1.25 bits per heavy atom. The van der Waals surface area contributed by atoms with Gasteiger partial charge in [-0.15, -0.1) is 0 Å². The average molecular weight is 272 g/mol. The molecule has 20 heavy (non-hydrogen) atoms. The number of aliphatic carboxylic acids is 1. The highest BCUT2D eigenvalue weighted by atomic mass is 16.4. The first kappa shape index (κ1) is 13.5. The Labute approximate surface area is 114 Å². The molecule has 0 aromatic carbocycles. The van der Waals surface area contributed by atoms with E-state index in [2.05, 4.69) is 9.97 Å². The summed E-state index contributed by atoms with van der Waals surface area (Å²) in [6.07, 6.45) is 5.97. The first-order valence-corrected chi connectivity index (χ1v) is 5.82. The molecule has 6 nitrogen and oxygen atoms in total. The van der Waals surface area contributed by atoms with Gasteiger partial charge in [0.15, 0.2) is 0 Å². The lowest BCUT2D eigenvalue weighted by Gasteiger charge is -2.02. The molecule has 0 unspecified atom stereocenters. The van der Waals surface area contributed by atoms with E-state index in [9.17, 15) is 14.7 Å². The third-order valence-corrected chi connectivity index (χ3v) is 2.68. The summed E-state index contributed by atoms with van der Waals surface area (Å²) in [6.45, 7) is 0. The molecule has 102 valence electrons. The molecule has 0 atom stereocenters. The van der Waals surface area contributed by atoms with Gasteiger partial charge in [-0.2, -0.15) is 0 Å². The smallest absolute Gasteiger partial charge is 0.376 e. The topological polar surface area (TPSA) is 103 Å². The van der Waals surface area contributed by atoms with Crippen molar-refractivity contribution in [3.63, 3.8) is 0 Å². The number of nitrogens with zero attached hydrogens (tertiary/aromatic N) is 1. The molecule has 0 radical (unpaired) electrons. The summed E-state index contributed by atoms with van der Waals surface area (Å²) >= 11 is 0. The maximum absolute atomic E-state index is 11.1. The van der Waals surface area contributed by atoms with Gasteiger partial charge in [0.1, 0.15) is 5.76 Å². The first-order chi connectivity index (χ1) is 9.58. The van der Waals surface area contributed by atoms with Gasteiger partial charge in [-0.05, 0) is 17.7 Å². The number of hydrogen-bond acceptors (Lipinski definition) is 4. The highest BCUT2D eigenvalue weighted by Crippen LogP contribution is 2.19. The molecule has 0 saturated heterocycles. The maximum atomic E-state index is 11.1. The van der Waals surface area contributed by atoms with Crippen LogP contribution in [-0.4, -0.2) is 31.9 Å². The van der Waals surface area contributed by atoms with Crippen LogP contribution in [0.15, 0.2) is 42.9 Å². The third-order valence-electron chi connectivity index (χ3n) is 2.68. The second-order valence-electron chi connectivity index (χ2n) is 4.09. The monoisotopic (exact) mass is 272 g/mol. The molecule has 3 N–H and O–H groups in total. The van der Waals surface area contributed by atoms with Crippen LogP contribution in [0.3, 0.4) is 0 Å². The maximum Gasteiger partial charge on any atom is 0.376 e. The van der Waals surface area contributed by atoms with Crippen molar-refractivity contribution in [3.8, 4) is 0 Å². The number of carbonyl (C=O) groups is 2. The van der Waals surface area contributed by atoms with Crippen molar-refractivity contribution in [1.29, 1.82) is 0 Å². The summed E-state index contributed by atoms with van der Waals surface area (Å²) < 4.78 is 0. The Morgan fingerprint density at radius 3 is 2.70 bits per heavy atom. The molecule has 6 heteroatoms.